The summed E-state index contributed by atoms with van der Waals surface area (Å²) in [4.78, 5) is 2.37. The number of piperazine rings is 1. The molecule has 1 fully saturated rings. The molecule has 0 radical (unpaired) electrons. The summed E-state index contributed by atoms with van der Waals surface area (Å²) in [6.07, 6.45) is 0. The Labute approximate surface area is 119 Å². The van der Waals surface area contributed by atoms with Crippen LogP contribution in [0.5, 0.6) is 0 Å². The Balaban J connectivity index is 0.00000162. The van der Waals surface area contributed by atoms with Crippen LogP contribution in [0.4, 0.5) is 4.39 Å². The van der Waals surface area contributed by atoms with Crippen molar-refractivity contribution in [2.75, 3.05) is 13.1 Å². The minimum Gasteiger partial charge on any atom is -0.309 e. The Kier molecular flexibility index (Phi) is 5.86. The molecule has 0 aromatic heterocycles. The van der Waals surface area contributed by atoms with Crippen molar-refractivity contribution in [1.82, 2.24) is 10.2 Å². The second-order valence-electron chi connectivity index (χ2n) is 4.91. The summed E-state index contributed by atoms with van der Waals surface area (Å²) in [7, 11) is 0. The highest BCUT2D eigenvalue weighted by atomic mass is 35.5. The van der Waals surface area contributed by atoms with Crippen molar-refractivity contribution in [3.05, 3.63) is 34.6 Å². The van der Waals surface area contributed by atoms with E-state index in [1.807, 2.05) is 0 Å². The third kappa shape index (κ3) is 4.09. The van der Waals surface area contributed by atoms with Crippen LogP contribution in [-0.4, -0.2) is 30.1 Å². The Morgan fingerprint density at radius 3 is 2.50 bits per heavy atom. The summed E-state index contributed by atoms with van der Waals surface area (Å²) >= 11 is 5.78. The highest BCUT2D eigenvalue weighted by Crippen LogP contribution is 2.18. The first kappa shape index (κ1) is 15.7. The number of hydrogen-bond acceptors (Lipinski definition) is 2. The van der Waals surface area contributed by atoms with Crippen LogP contribution >= 0.6 is 24.0 Å². The zero-order valence-electron chi connectivity index (χ0n) is 10.6. The van der Waals surface area contributed by atoms with Gasteiger partial charge in [-0.25, -0.2) is 4.39 Å². The number of benzene rings is 1. The number of nitrogens with zero attached hydrogens (tertiary/aromatic N) is 1. The van der Waals surface area contributed by atoms with Crippen molar-refractivity contribution in [2.24, 2.45) is 0 Å². The molecule has 102 valence electrons. The van der Waals surface area contributed by atoms with Gasteiger partial charge in [-0.1, -0.05) is 17.7 Å². The number of hydrogen-bond donors (Lipinski definition) is 1. The minimum atomic E-state index is -0.350. The number of halogens is 3. The smallest absolute Gasteiger partial charge is 0.141 e. The van der Waals surface area contributed by atoms with E-state index >= 15 is 0 Å². The molecule has 1 N–H and O–H groups in total. The fourth-order valence-corrected chi connectivity index (χ4v) is 2.67. The van der Waals surface area contributed by atoms with Gasteiger partial charge in [-0.05, 0) is 31.5 Å². The van der Waals surface area contributed by atoms with Crippen LogP contribution in [0.25, 0.3) is 0 Å². The van der Waals surface area contributed by atoms with Crippen LogP contribution in [-0.2, 0) is 6.54 Å². The van der Waals surface area contributed by atoms with E-state index < -0.39 is 0 Å². The molecule has 0 saturated carbocycles. The molecule has 5 heteroatoms. The molecule has 1 heterocycles. The van der Waals surface area contributed by atoms with Crippen LogP contribution < -0.4 is 5.32 Å². The standard InChI is InChI=1S/C13H18ClFN2.ClH/c1-9-6-17(7-10(2)16-9)8-11-3-4-13(15)12(14)5-11;/h3-5,9-10,16H,6-8H2,1-2H3;1H. The lowest BCUT2D eigenvalue weighted by Crippen LogP contribution is -2.53. The van der Waals surface area contributed by atoms with Gasteiger partial charge in [0.2, 0.25) is 0 Å². The van der Waals surface area contributed by atoms with Crippen molar-refractivity contribution in [1.29, 1.82) is 0 Å². The molecule has 1 aromatic rings. The molecule has 0 amide bonds. The largest absolute Gasteiger partial charge is 0.309 e. The molecule has 2 rings (SSSR count). The number of nitrogens with one attached hydrogen (secondary N) is 1. The molecular weight excluding hydrogens is 274 g/mol. The average Bonchev–Trinajstić information content (AvgIpc) is 2.22. The zero-order valence-corrected chi connectivity index (χ0v) is 12.2. The first-order valence-electron chi connectivity index (χ1n) is 5.97. The molecule has 0 spiro atoms. The van der Waals surface area contributed by atoms with Crippen molar-refractivity contribution in [2.45, 2.75) is 32.5 Å². The second kappa shape index (κ2) is 6.71. The second-order valence-corrected chi connectivity index (χ2v) is 5.32. The van der Waals surface area contributed by atoms with Crippen molar-refractivity contribution in [3.63, 3.8) is 0 Å². The minimum absolute atomic E-state index is 0. The summed E-state index contributed by atoms with van der Waals surface area (Å²) < 4.78 is 13.0. The molecule has 1 aromatic carbocycles. The van der Waals surface area contributed by atoms with Gasteiger partial charge in [-0.2, -0.15) is 0 Å². The summed E-state index contributed by atoms with van der Waals surface area (Å²) in [5.74, 6) is -0.350. The molecule has 2 atom stereocenters. The normalized spacial score (nSPS) is 24.7. The topological polar surface area (TPSA) is 15.3 Å². The van der Waals surface area contributed by atoms with Gasteiger partial charge in [-0.15, -0.1) is 12.4 Å². The lowest BCUT2D eigenvalue weighted by atomic mass is 10.1. The van der Waals surface area contributed by atoms with Gasteiger partial charge in [0.1, 0.15) is 5.82 Å². The van der Waals surface area contributed by atoms with E-state index in [2.05, 4.69) is 24.1 Å². The van der Waals surface area contributed by atoms with E-state index in [-0.39, 0.29) is 23.2 Å². The van der Waals surface area contributed by atoms with Crippen molar-refractivity contribution in [3.8, 4) is 0 Å². The maximum atomic E-state index is 13.0. The van der Waals surface area contributed by atoms with Gasteiger partial charge in [0.15, 0.2) is 0 Å². The lowest BCUT2D eigenvalue weighted by molar-refractivity contribution is 0.166. The van der Waals surface area contributed by atoms with Gasteiger partial charge >= 0.3 is 0 Å². The predicted octanol–water partition coefficient (Wildman–Crippen LogP) is 3.08. The fraction of sp³-hybridized carbons (Fsp3) is 0.538. The Morgan fingerprint density at radius 2 is 1.94 bits per heavy atom. The Bertz CT molecular complexity index is 391. The van der Waals surface area contributed by atoms with Crippen LogP contribution in [0.15, 0.2) is 18.2 Å². The Hall–Kier alpha value is -0.350. The first-order chi connectivity index (χ1) is 8.04. The molecule has 1 aliphatic rings. The summed E-state index contributed by atoms with van der Waals surface area (Å²) in [6.45, 7) is 7.22. The van der Waals surface area contributed by atoms with Gasteiger partial charge in [0.05, 0.1) is 5.02 Å². The van der Waals surface area contributed by atoms with Crippen LogP contribution in [0.3, 0.4) is 0 Å². The fourth-order valence-electron chi connectivity index (χ4n) is 2.47. The Morgan fingerprint density at radius 1 is 1.33 bits per heavy atom. The monoisotopic (exact) mass is 292 g/mol. The number of rotatable bonds is 2. The van der Waals surface area contributed by atoms with E-state index in [0.29, 0.717) is 12.1 Å². The third-order valence-corrected chi connectivity index (χ3v) is 3.31. The van der Waals surface area contributed by atoms with E-state index in [9.17, 15) is 4.39 Å². The molecule has 1 saturated heterocycles. The predicted molar refractivity (Wildman–Crippen MR) is 76.0 cm³/mol. The van der Waals surface area contributed by atoms with Gasteiger partial charge in [0, 0.05) is 31.7 Å². The van der Waals surface area contributed by atoms with E-state index in [4.69, 9.17) is 11.6 Å². The van der Waals surface area contributed by atoms with Crippen molar-refractivity contribution < 1.29 is 4.39 Å². The summed E-state index contributed by atoms with van der Waals surface area (Å²) in [5, 5.41) is 3.69. The molecule has 1 aliphatic heterocycles. The maximum absolute atomic E-state index is 13.0. The van der Waals surface area contributed by atoms with Gasteiger partial charge < -0.3 is 5.32 Å². The zero-order chi connectivity index (χ0) is 12.4. The molecule has 2 nitrogen and oxygen atoms in total. The molecular formula is C13H19Cl2FN2. The lowest BCUT2D eigenvalue weighted by Gasteiger charge is -2.36. The summed E-state index contributed by atoms with van der Waals surface area (Å²) in [6, 6.07) is 5.95. The van der Waals surface area contributed by atoms with Gasteiger partial charge in [-0.3, -0.25) is 4.90 Å². The molecule has 0 bridgehead atoms. The maximum Gasteiger partial charge on any atom is 0.141 e. The van der Waals surface area contributed by atoms with Gasteiger partial charge in [0.25, 0.3) is 0 Å². The third-order valence-electron chi connectivity index (χ3n) is 3.02. The quantitative estimate of drug-likeness (QED) is 0.901. The van der Waals surface area contributed by atoms with E-state index in [1.54, 1.807) is 12.1 Å². The average molecular weight is 293 g/mol. The molecule has 18 heavy (non-hydrogen) atoms. The van der Waals surface area contributed by atoms with Crippen LogP contribution in [0.2, 0.25) is 5.02 Å². The molecule has 0 aliphatic carbocycles. The SMILES string of the molecule is CC1CN(Cc2ccc(F)c(Cl)c2)CC(C)N1.Cl. The van der Waals surface area contributed by atoms with Crippen LogP contribution in [0.1, 0.15) is 19.4 Å². The summed E-state index contributed by atoms with van der Waals surface area (Å²) in [5.41, 5.74) is 1.07. The van der Waals surface area contributed by atoms with Crippen LogP contribution in [0, 0.1) is 5.82 Å². The first-order valence-corrected chi connectivity index (χ1v) is 6.34. The van der Waals surface area contributed by atoms with E-state index in [1.165, 1.54) is 6.07 Å². The molecule has 2 unspecified atom stereocenters. The highest BCUT2D eigenvalue weighted by Gasteiger charge is 2.20. The van der Waals surface area contributed by atoms with E-state index in [0.717, 1.165) is 25.2 Å². The van der Waals surface area contributed by atoms with Crippen molar-refractivity contribution >= 4 is 24.0 Å². The highest BCUT2D eigenvalue weighted by molar-refractivity contribution is 6.30.